The third-order valence-electron chi connectivity index (χ3n) is 5.63. The first-order valence-electron chi connectivity index (χ1n) is 9.84. The maximum atomic E-state index is 12.4. The van der Waals surface area contributed by atoms with E-state index in [-0.39, 0.29) is 19.3 Å². The smallest absolute Gasteiger partial charge is 0.489 e. The summed E-state index contributed by atoms with van der Waals surface area (Å²) in [5.74, 6) is 0.515. The van der Waals surface area contributed by atoms with Gasteiger partial charge in [0, 0.05) is 23.4 Å². The fraction of sp³-hybridized carbons (Fsp3) is 0.350. The molecule has 4 atom stereocenters. The number of benzene rings is 1. The van der Waals surface area contributed by atoms with Gasteiger partial charge in [-0.05, 0) is 23.8 Å². The summed E-state index contributed by atoms with van der Waals surface area (Å²) in [6.07, 6.45) is -0.335. The molecule has 0 saturated carbocycles. The van der Waals surface area contributed by atoms with Crippen molar-refractivity contribution in [2.24, 2.45) is 0 Å². The second kappa shape index (κ2) is 8.01. The van der Waals surface area contributed by atoms with Crippen molar-refractivity contribution in [2.45, 2.75) is 18.2 Å². The highest BCUT2D eigenvalue weighted by molar-refractivity contribution is 7.32. The van der Waals surface area contributed by atoms with Gasteiger partial charge in [0.1, 0.15) is 25.0 Å². The number of aromatic nitrogens is 1. The molecule has 0 radical (unpaired) electrons. The van der Waals surface area contributed by atoms with Crippen LogP contribution >= 0.6 is 8.25 Å². The predicted molar refractivity (Wildman–Crippen MR) is 109 cm³/mol. The number of cyclic esters (lactones) is 2. The van der Waals surface area contributed by atoms with Crippen LogP contribution in [0.25, 0.3) is 11.1 Å². The Morgan fingerprint density at radius 2 is 2.00 bits per heavy atom. The number of nitrogens with zero attached hydrogens (tertiary/aromatic N) is 3. The summed E-state index contributed by atoms with van der Waals surface area (Å²) in [7, 11) is -1.11. The molecule has 11 nitrogen and oxygen atoms in total. The van der Waals surface area contributed by atoms with E-state index in [0.717, 1.165) is 11.1 Å². The molecule has 0 aliphatic carbocycles. The van der Waals surface area contributed by atoms with Gasteiger partial charge in [-0.15, -0.1) is 9.42 Å². The summed E-state index contributed by atoms with van der Waals surface area (Å²) in [6, 6.07) is 8.66. The summed E-state index contributed by atoms with van der Waals surface area (Å²) in [4.78, 5) is 40.2. The molecule has 0 spiro atoms. The zero-order valence-corrected chi connectivity index (χ0v) is 17.8. The Morgan fingerprint density at radius 1 is 1.19 bits per heavy atom. The number of hydrogen-bond donors (Lipinski definition) is 1. The van der Waals surface area contributed by atoms with E-state index >= 15 is 0 Å². The summed E-state index contributed by atoms with van der Waals surface area (Å²) in [6.45, 7) is 0.418. The molecule has 3 aliphatic rings. The second-order valence-electron chi connectivity index (χ2n) is 7.61. The first-order valence-corrected chi connectivity index (χ1v) is 11.0. The molecule has 32 heavy (non-hydrogen) atoms. The van der Waals surface area contributed by atoms with Crippen molar-refractivity contribution in [1.29, 1.82) is 0 Å². The van der Waals surface area contributed by atoms with Gasteiger partial charge in [-0.1, -0.05) is 12.1 Å². The Bertz CT molecular complexity index is 1090. The van der Waals surface area contributed by atoms with Crippen LogP contribution in [0.15, 0.2) is 36.5 Å². The van der Waals surface area contributed by atoms with E-state index in [2.05, 4.69) is 4.98 Å². The number of carbonyl (C=O) groups is 2. The highest BCUT2D eigenvalue weighted by atomic mass is 31.1. The summed E-state index contributed by atoms with van der Waals surface area (Å²) < 4.78 is 32.0. The number of likely N-dealkylation sites (N-methyl/N-ethyl adjacent to an activating group) is 1. The van der Waals surface area contributed by atoms with Crippen molar-refractivity contribution < 1.29 is 37.8 Å². The van der Waals surface area contributed by atoms with Gasteiger partial charge in [0.05, 0.1) is 17.9 Å². The van der Waals surface area contributed by atoms with Crippen LogP contribution in [0.2, 0.25) is 0 Å². The first kappa shape index (κ1) is 20.6. The van der Waals surface area contributed by atoms with Gasteiger partial charge in [-0.25, -0.2) is 9.59 Å². The number of ether oxygens (including phenoxy) is 3. The van der Waals surface area contributed by atoms with Gasteiger partial charge in [-0.2, -0.15) is 0 Å². The highest BCUT2D eigenvalue weighted by Gasteiger charge is 2.47. The van der Waals surface area contributed by atoms with Crippen molar-refractivity contribution in [3.8, 4) is 16.9 Å². The van der Waals surface area contributed by atoms with E-state index in [4.69, 9.17) is 23.6 Å². The van der Waals surface area contributed by atoms with Crippen LogP contribution in [0, 0.1) is 0 Å². The van der Waals surface area contributed by atoms with E-state index in [1.165, 1.54) is 9.80 Å². The number of fused-ring (bicyclic) bond motifs is 3. The van der Waals surface area contributed by atoms with Crippen molar-refractivity contribution in [2.75, 3.05) is 31.7 Å². The van der Waals surface area contributed by atoms with Gasteiger partial charge in [-0.3, -0.25) is 9.88 Å². The van der Waals surface area contributed by atoms with E-state index in [1.807, 2.05) is 24.3 Å². The van der Waals surface area contributed by atoms with Crippen molar-refractivity contribution in [3.63, 3.8) is 0 Å². The Hall–Kier alpha value is -3.27. The van der Waals surface area contributed by atoms with Crippen LogP contribution < -0.4 is 9.64 Å². The normalized spacial score (nSPS) is 24.4. The fourth-order valence-corrected chi connectivity index (χ4v) is 4.26. The number of pyridine rings is 1. The third-order valence-corrected chi connectivity index (χ3v) is 6.00. The van der Waals surface area contributed by atoms with E-state index in [0.29, 0.717) is 23.7 Å². The molecule has 0 bridgehead atoms. The Balaban J connectivity index is 1.35. The van der Waals surface area contributed by atoms with Crippen LogP contribution in [0.3, 0.4) is 0 Å². The third kappa shape index (κ3) is 3.64. The van der Waals surface area contributed by atoms with Crippen LogP contribution in [0.1, 0.15) is 11.8 Å². The van der Waals surface area contributed by atoms with Gasteiger partial charge < -0.3 is 19.1 Å². The molecule has 4 heterocycles. The maximum Gasteiger partial charge on any atom is 0.694 e. The number of carbonyl (C=O) groups excluding carboxylic acids is 2. The maximum absolute atomic E-state index is 12.4. The van der Waals surface area contributed by atoms with Gasteiger partial charge >= 0.3 is 20.4 Å². The lowest BCUT2D eigenvalue weighted by Gasteiger charge is -2.31. The highest BCUT2D eigenvalue weighted by Crippen LogP contribution is 2.41. The van der Waals surface area contributed by atoms with E-state index in [1.54, 1.807) is 19.3 Å². The van der Waals surface area contributed by atoms with Crippen LogP contribution in [-0.2, 0) is 18.6 Å². The average Bonchev–Trinajstić information content (AvgIpc) is 3.30. The molecule has 1 aromatic heterocycles. The minimum Gasteiger partial charge on any atom is -0.489 e. The zero-order chi connectivity index (χ0) is 22.4. The monoisotopic (exact) mass is 460 g/mol. The summed E-state index contributed by atoms with van der Waals surface area (Å²) in [5.41, 5.74) is 2.89. The minimum absolute atomic E-state index is 0.163. The lowest BCUT2D eigenvalue weighted by atomic mass is 10.0. The van der Waals surface area contributed by atoms with Crippen LogP contribution in [-0.4, -0.2) is 65.9 Å². The SMILES string of the molecule is CN1C[C@@H](c2ccc(-c3ccc4c(c3)OC[C@H]3[C@H](CO[P+](=O)O)OC(=O)N43)cn2)OC1=O. The molecule has 5 rings (SSSR count). The van der Waals surface area contributed by atoms with Gasteiger partial charge in [0.2, 0.25) is 0 Å². The lowest BCUT2D eigenvalue weighted by Crippen LogP contribution is -2.45. The second-order valence-corrected chi connectivity index (χ2v) is 8.35. The molecule has 1 aromatic carbocycles. The van der Waals surface area contributed by atoms with E-state index < -0.39 is 32.6 Å². The molecular formula is C20H19N3O8P+. The number of anilines is 1. The first-order chi connectivity index (χ1) is 15.4. The average molecular weight is 460 g/mol. The molecule has 2 amide bonds. The molecule has 2 saturated heterocycles. The van der Waals surface area contributed by atoms with Gasteiger partial charge in [0.15, 0.2) is 12.2 Å². The largest absolute Gasteiger partial charge is 0.694 e. The Kier molecular flexibility index (Phi) is 5.16. The summed E-state index contributed by atoms with van der Waals surface area (Å²) in [5, 5.41) is 0. The number of rotatable bonds is 5. The molecular weight excluding hydrogens is 441 g/mol. The minimum atomic E-state index is -2.78. The lowest BCUT2D eigenvalue weighted by molar-refractivity contribution is 0.0804. The molecule has 3 aliphatic heterocycles. The quantitative estimate of drug-likeness (QED) is 0.670. The molecule has 1 N–H and O–H groups in total. The number of hydrogen-bond acceptors (Lipinski definition) is 8. The molecule has 2 fully saturated rings. The van der Waals surface area contributed by atoms with Crippen molar-refractivity contribution >= 4 is 26.1 Å². The standard InChI is InChI=1S/C20H18N3O8P/c1-22-8-17(30-19(22)24)13-4-2-12(7-21-13)11-3-5-14-16(6-11)28-9-15-18(10-29-32(26)27)31-20(25)23(14)15/h2-7,15,17-18H,8-10H2,1H3/p+1/t15-,17-,18-/m0/s1. The predicted octanol–water partition coefficient (Wildman–Crippen LogP) is 2.62. The molecule has 166 valence electrons. The zero-order valence-electron chi connectivity index (χ0n) is 16.9. The number of amides is 2. The fourth-order valence-electron chi connectivity index (χ4n) is 3.98. The van der Waals surface area contributed by atoms with Crippen LogP contribution in [0.4, 0.5) is 15.3 Å². The summed E-state index contributed by atoms with van der Waals surface area (Å²) >= 11 is 0. The van der Waals surface area contributed by atoms with Crippen molar-refractivity contribution in [1.82, 2.24) is 9.88 Å². The van der Waals surface area contributed by atoms with Crippen molar-refractivity contribution in [3.05, 3.63) is 42.2 Å². The van der Waals surface area contributed by atoms with E-state index in [9.17, 15) is 14.2 Å². The topological polar surface area (TPSA) is 128 Å². The molecule has 2 aromatic rings. The molecule has 1 unspecified atom stereocenters. The molecule has 12 heteroatoms. The van der Waals surface area contributed by atoms with Gasteiger partial charge in [0.25, 0.3) is 0 Å². The Morgan fingerprint density at radius 3 is 2.69 bits per heavy atom. The Labute approximate surface area is 183 Å². The van der Waals surface area contributed by atoms with Crippen LogP contribution in [0.5, 0.6) is 5.75 Å².